The van der Waals surface area contributed by atoms with E-state index in [-0.39, 0.29) is 42.5 Å². The minimum Gasteiger partial charge on any atom is -0.490 e. The molecule has 11 nitrogen and oxygen atoms in total. The Bertz CT molecular complexity index is 1700. The van der Waals surface area contributed by atoms with Crippen LogP contribution in [0.4, 0.5) is 5.69 Å². The number of hydrogen-bond donors (Lipinski definition) is 0. The van der Waals surface area contributed by atoms with Gasteiger partial charge in [-0.15, -0.1) is 0 Å². The van der Waals surface area contributed by atoms with Crippen molar-refractivity contribution in [2.75, 3.05) is 65.2 Å². The molecule has 2 aliphatic heterocycles. The molecule has 0 bridgehead atoms. The molecule has 53 heavy (non-hydrogen) atoms. The Morgan fingerprint density at radius 2 is 1.75 bits per heavy atom. The summed E-state index contributed by atoms with van der Waals surface area (Å²) in [6.07, 6.45) is 1.35. The van der Waals surface area contributed by atoms with E-state index in [9.17, 15) is 13.2 Å². The normalized spacial score (nSPS) is 19.7. The third-order valence-electron chi connectivity index (χ3n) is 9.98. The molecule has 0 spiro atoms. The summed E-state index contributed by atoms with van der Waals surface area (Å²) in [5, 5.41) is 0. The number of benzene rings is 3. The van der Waals surface area contributed by atoms with Gasteiger partial charge >= 0.3 is 5.97 Å². The molecule has 3 aromatic rings. The fourth-order valence-electron chi connectivity index (χ4n) is 7.10. The minimum absolute atomic E-state index is 0.0156. The molecular formula is C41H56N2O9S. The predicted molar refractivity (Wildman–Crippen MR) is 204 cm³/mol. The van der Waals surface area contributed by atoms with Crippen LogP contribution in [0.25, 0.3) is 0 Å². The van der Waals surface area contributed by atoms with Crippen molar-refractivity contribution in [1.82, 2.24) is 4.31 Å². The van der Waals surface area contributed by atoms with Crippen LogP contribution >= 0.6 is 0 Å². The molecule has 2 heterocycles. The van der Waals surface area contributed by atoms with Gasteiger partial charge in [0.2, 0.25) is 10.0 Å². The Morgan fingerprint density at radius 1 is 1.00 bits per heavy atom. The number of methoxy groups -OCH3 is 2. The van der Waals surface area contributed by atoms with Crippen LogP contribution in [0.5, 0.6) is 5.75 Å². The summed E-state index contributed by atoms with van der Waals surface area (Å²) < 4.78 is 64.7. The quantitative estimate of drug-likeness (QED) is 0.103. The number of sulfonamides is 1. The highest BCUT2D eigenvalue weighted by Crippen LogP contribution is 2.39. The number of aryl methyl sites for hydroxylation is 1. The molecule has 2 aliphatic rings. The number of hydrogen-bond acceptors (Lipinski definition) is 10. The summed E-state index contributed by atoms with van der Waals surface area (Å²) in [7, 11) is -0.857. The number of carbonyl (C=O) groups is 1. The maximum absolute atomic E-state index is 14.3. The number of piperidine rings is 1. The summed E-state index contributed by atoms with van der Waals surface area (Å²) >= 11 is 0. The first-order valence-corrected chi connectivity index (χ1v) is 20.1. The van der Waals surface area contributed by atoms with Gasteiger partial charge in [-0.1, -0.05) is 48.0 Å². The molecule has 1 fully saturated rings. The molecule has 0 N–H and O–H groups in total. The van der Waals surface area contributed by atoms with Crippen LogP contribution in [0.2, 0.25) is 0 Å². The Kier molecular flexibility index (Phi) is 15.1. The second-order valence-electron chi connectivity index (χ2n) is 13.9. The second-order valence-corrected chi connectivity index (χ2v) is 15.7. The van der Waals surface area contributed by atoms with Crippen molar-refractivity contribution >= 4 is 21.7 Å². The Labute approximate surface area is 315 Å². The summed E-state index contributed by atoms with van der Waals surface area (Å²) in [6.45, 7) is 10.8. The number of fused-ring (bicyclic) bond motifs is 1. The molecule has 290 valence electrons. The fraction of sp³-hybridized carbons (Fsp3) is 0.537. The van der Waals surface area contributed by atoms with Crippen LogP contribution in [0, 0.1) is 6.92 Å². The van der Waals surface area contributed by atoms with Crippen molar-refractivity contribution in [2.24, 2.45) is 0 Å². The lowest BCUT2D eigenvalue weighted by Gasteiger charge is -2.43. The van der Waals surface area contributed by atoms with Gasteiger partial charge in [0, 0.05) is 51.8 Å². The molecule has 4 atom stereocenters. The minimum atomic E-state index is -3.92. The van der Waals surface area contributed by atoms with Crippen LogP contribution in [-0.2, 0) is 51.7 Å². The lowest BCUT2D eigenvalue weighted by molar-refractivity contribution is -0.141. The zero-order valence-electron chi connectivity index (χ0n) is 31.8. The molecule has 0 aromatic heterocycles. The van der Waals surface area contributed by atoms with Gasteiger partial charge in [-0.05, 0) is 81.0 Å². The summed E-state index contributed by atoms with van der Waals surface area (Å²) in [4.78, 5) is 14.9. The lowest BCUT2D eigenvalue weighted by atomic mass is 9.82. The molecule has 0 saturated carbocycles. The number of esters is 1. The van der Waals surface area contributed by atoms with Crippen LogP contribution in [0.15, 0.2) is 71.6 Å². The summed E-state index contributed by atoms with van der Waals surface area (Å²) in [5.41, 5.74) is 5.03. The van der Waals surface area contributed by atoms with E-state index in [0.717, 1.165) is 53.2 Å². The van der Waals surface area contributed by atoms with Crippen molar-refractivity contribution in [3.8, 4) is 5.75 Å². The molecule has 0 aliphatic carbocycles. The first kappa shape index (κ1) is 40.7. The SMILES string of the molecule is CCOC(C)COCc1ccc([C@H]2C[C@H](CCC(=O)OC)N(S(=O)(=O)c3ccc(C)cc3)C[C@@H]2OCc2ccc3c(c2)N(CCCOC)CCO3)cc1. The van der Waals surface area contributed by atoms with Gasteiger partial charge in [0.05, 0.1) is 56.3 Å². The highest BCUT2D eigenvalue weighted by molar-refractivity contribution is 7.89. The Morgan fingerprint density at radius 3 is 2.47 bits per heavy atom. The maximum Gasteiger partial charge on any atom is 0.305 e. The number of carbonyl (C=O) groups excluding carboxylic acids is 1. The molecule has 1 saturated heterocycles. The van der Waals surface area contributed by atoms with Gasteiger partial charge in [0.15, 0.2) is 0 Å². The molecule has 12 heteroatoms. The molecule has 1 unspecified atom stereocenters. The number of ether oxygens (including phenoxy) is 6. The first-order valence-electron chi connectivity index (χ1n) is 18.7. The zero-order chi connectivity index (χ0) is 37.8. The topological polar surface area (TPSA) is 113 Å². The van der Waals surface area contributed by atoms with Gasteiger partial charge in [-0.25, -0.2) is 8.42 Å². The van der Waals surface area contributed by atoms with Gasteiger partial charge in [-0.2, -0.15) is 4.31 Å². The maximum atomic E-state index is 14.3. The largest absolute Gasteiger partial charge is 0.490 e. The smallest absolute Gasteiger partial charge is 0.305 e. The van der Waals surface area contributed by atoms with Crippen molar-refractivity contribution in [2.45, 2.75) is 88.7 Å². The standard InChI is InChI=1S/C41H56N2O9S/c1-6-50-31(3)27-49-28-32-10-13-34(14-11-32)37-25-35(15-19-41(44)48-5)43(53(45,46)36-16-8-30(2)9-17-36)26-40(37)52-29-33-12-18-39-38(24-33)42(21-23-51-39)20-7-22-47-4/h8-14,16-18,24,31,35,37,40H,6-7,15,19-23,25-29H2,1-5H3/t31?,35-,37+,40-/m0/s1. The van der Waals surface area contributed by atoms with Gasteiger partial charge in [0.1, 0.15) is 12.4 Å². The first-order chi connectivity index (χ1) is 25.6. The Balaban J connectivity index is 1.42. The second kappa shape index (κ2) is 19.7. The van der Waals surface area contributed by atoms with Crippen molar-refractivity contribution in [3.05, 3.63) is 89.0 Å². The van der Waals surface area contributed by atoms with Crippen LogP contribution < -0.4 is 9.64 Å². The van der Waals surface area contributed by atoms with E-state index in [0.29, 0.717) is 45.9 Å². The predicted octanol–water partition coefficient (Wildman–Crippen LogP) is 6.26. The van der Waals surface area contributed by atoms with Crippen molar-refractivity contribution in [3.63, 3.8) is 0 Å². The summed E-state index contributed by atoms with van der Waals surface area (Å²) in [6, 6.07) is 20.8. The van der Waals surface area contributed by atoms with E-state index >= 15 is 0 Å². The van der Waals surface area contributed by atoms with Crippen LogP contribution in [0.1, 0.15) is 67.7 Å². The van der Waals surface area contributed by atoms with E-state index in [4.69, 9.17) is 28.4 Å². The van der Waals surface area contributed by atoms with Gasteiger partial charge in [-0.3, -0.25) is 4.79 Å². The lowest BCUT2D eigenvalue weighted by Crippen LogP contribution is -2.52. The average Bonchev–Trinajstić information content (AvgIpc) is 3.16. The average molecular weight is 753 g/mol. The van der Waals surface area contributed by atoms with E-state index in [1.54, 1.807) is 35.7 Å². The highest BCUT2D eigenvalue weighted by atomic mass is 32.2. The number of rotatable bonds is 19. The van der Waals surface area contributed by atoms with Crippen LogP contribution in [-0.4, -0.2) is 97.2 Å². The zero-order valence-corrected chi connectivity index (χ0v) is 32.6. The molecule has 3 aromatic carbocycles. The van der Waals surface area contributed by atoms with Gasteiger partial charge in [0.25, 0.3) is 0 Å². The fourth-order valence-corrected chi connectivity index (χ4v) is 8.78. The monoisotopic (exact) mass is 752 g/mol. The van der Waals surface area contributed by atoms with Gasteiger partial charge < -0.3 is 33.3 Å². The van der Waals surface area contributed by atoms with E-state index in [1.807, 2.05) is 32.9 Å². The van der Waals surface area contributed by atoms with Crippen molar-refractivity contribution < 1.29 is 41.6 Å². The molecular weight excluding hydrogens is 697 g/mol. The number of nitrogens with zero attached hydrogens (tertiary/aromatic N) is 2. The molecule has 0 amide bonds. The van der Waals surface area contributed by atoms with E-state index in [1.165, 1.54) is 7.11 Å². The molecule has 0 radical (unpaired) electrons. The van der Waals surface area contributed by atoms with E-state index in [2.05, 4.69) is 35.2 Å². The third kappa shape index (κ3) is 11.0. The Hall–Kier alpha value is -3.52. The van der Waals surface area contributed by atoms with E-state index < -0.39 is 22.2 Å². The number of anilines is 1. The van der Waals surface area contributed by atoms with Crippen molar-refractivity contribution in [1.29, 1.82) is 0 Å². The highest BCUT2D eigenvalue weighted by Gasteiger charge is 2.43. The van der Waals surface area contributed by atoms with Crippen LogP contribution in [0.3, 0.4) is 0 Å². The molecule has 5 rings (SSSR count). The third-order valence-corrected chi connectivity index (χ3v) is 11.9. The summed E-state index contributed by atoms with van der Waals surface area (Å²) in [5.74, 6) is 0.332.